The minimum Gasteiger partial charge on any atom is -0.353 e. The summed E-state index contributed by atoms with van der Waals surface area (Å²) in [7, 11) is 0. The zero-order valence-electron chi connectivity index (χ0n) is 15.4. The molecule has 2 heteroatoms. The van der Waals surface area contributed by atoms with Crippen LogP contribution in [0.1, 0.15) is 11.1 Å². The molecule has 0 aliphatic heterocycles. The van der Waals surface area contributed by atoms with Gasteiger partial charge in [0.05, 0.1) is 16.6 Å². The molecule has 1 aliphatic rings. The molecule has 0 unspecified atom stereocenters. The van der Waals surface area contributed by atoms with Crippen LogP contribution in [0.25, 0.3) is 49.3 Å². The Bertz CT molecular complexity index is 1550. The molecule has 2 aromatic heterocycles. The monoisotopic (exact) mass is 358 g/mol. The van der Waals surface area contributed by atoms with Crippen molar-refractivity contribution < 1.29 is 0 Å². The van der Waals surface area contributed by atoms with Crippen LogP contribution in [-0.2, 0) is 12.8 Å². The summed E-state index contributed by atoms with van der Waals surface area (Å²) in [4.78, 5) is 3.74. The molecular formula is C26H18N2. The van der Waals surface area contributed by atoms with Gasteiger partial charge >= 0.3 is 0 Å². The normalized spacial score (nSPS) is 13.4. The highest BCUT2D eigenvalue weighted by Crippen LogP contribution is 2.44. The van der Waals surface area contributed by atoms with E-state index in [0.717, 1.165) is 12.8 Å². The zero-order chi connectivity index (χ0) is 18.2. The van der Waals surface area contributed by atoms with E-state index in [1.165, 1.54) is 60.4 Å². The average Bonchev–Trinajstić information content (AvgIpc) is 3.29. The number of H-pyrrole nitrogens is 1. The van der Waals surface area contributed by atoms with Gasteiger partial charge in [0.2, 0.25) is 0 Å². The summed E-state index contributed by atoms with van der Waals surface area (Å²) in [5.41, 5.74) is 9.25. The van der Waals surface area contributed by atoms with Crippen molar-refractivity contribution in [2.75, 3.05) is 0 Å². The van der Waals surface area contributed by atoms with E-state index >= 15 is 0 Å². The van der Waals surface area contributed by atoms with E-state index in [1.807, 2.05) is 0 Å². The van der Waals surface area contributed by atoms with Gasteiger partial charge in [0.15, 0.2) is 0 Å². The van der Waals surface area contributed by atoms with Crippen LogP contribution in [0.5, 0.6) is 0 Å². The Morgan fingerprint density at radius 1 is 0.679 bits per heavy atom. The highest BCUT2D eigenvalue weighted by molar-refractivity contribution is 6.24. The molecule has 0 saturated carbocycles. The lowest BCUT2D eigenvalue weighted by Crippen LogP contribution is -1.98. The first-order valence-electron chi connectivity index (χ1n) is 9.94. The number of benzene rings is 4. The summed E-state index contributed by atoms with van der Waals surface area (Å²) in [5, 5.41) is 5.51. The van der Waals surface area contributed by atoms with Crippen molar-refractivity contribution in [1.82, 2.24) is 9.55 Å². The van der Waals surface area contributed by atoms with Crippen LogP contribution in [0.15, 0.2) is 78.9 Å². The lowest BCUT2D eigenvalue weighted by molar-refractivity contribution is 0.971. The van der Waals surface area contributed by atoms with E-state index in [-0.39, 0.29) is 0 Å². The number of rotatable bonds is 1. The third-order valence-electron chi connectivity index (χ3n) is 6.38. The second-order valence-corrected chi connectivity index (χ2v) is 7.83. The highest BCUT2D eigenvalue weighted by atomic mass is 15.0. The van der Waals surface area contributed by atoms with Crippen molar-refractivity contribution in [3.8, 4) is 5.69 Å². The molecule has 6 aromatic rings. The minimum atomic E-state index is 1.11. The number of aromatic nitrogens is 2. The largest absolute Gasteiger partial charge is 0.353 e. The van der Waals surface area contributed by atoms with E-state index in [2.05, 4.69) is 88.4 Å². The molecule has 0 fully saturated rings. The maximum Gasteiger partial charge on any atom is 0.0786 e. The van der Waals surface area contributed by atoms with E-state index in [1.54, 1.807) is 0 Å². The highest BCUT2D eigenvalue weighted by Gasteiger charge is 2.24. The molecule has 2 heterocycles. The number of fused-ring (bicyclic) bond motifs is 4. The van der Waals surface area contributed by atoms with Crippen LogP contribution >= 0.6 is 0 Å². The topological polar surface area (TPSA) is 20.7 Å². The van der Waals surface area contributed by atoms with Crippen molar-refractivity contribution in [3.05, 3.63) is 90.0 Å². The molecule has 0 bridgehead atoms. The number of hydrogen-bond acceptors (Lipinski definition) is 0. The van der Waals surface area contributed by atoms with Gasteiger partial charge in [-0.2, -0.15) is 0 Å². The van der Waals surface area contributed by atoms with Gasteiger partial charge in [0.25, 0.3) is 0 Å². The van der Waals surface area contributed by atoms with Gasteiger partial charge in [-0.15, -0.1) is 0 Å². The van der Waals surface area contributed by atoms with Crippen LogP contribution in [0.4, 0.5) is 0 Å². The Labute approximate surface area is 162 Å². The van der Waals surface area contributed by atoms with Gasteiger partial charge in [0, 0.05) is 32.7 Å². The van der Waals surface area contributed by atoms with Gasteiger partial charge in [0.1, 0.15) is 0 Å². The Kier molecular flexibility index (Phi) is 2.62. The number of nitrogens with one attached hydrogen (secondary N) is 1. The van der Waals surface area contributed by atoms with Gasteiger partial charge < -0.3 is 9.55 Å². The fourth-order valence-corrected chi connectivity index (χ4v) is 5.23. The molecule has 132 valence electrons. The van der Waals surface area contributed by atoms with Crippen molar-refractivity contribution >= 4 is 43.6 Å². The summed E-state index contributed by atoms with van der Waals surface area (Å²) in [5.74, 6) is 0. The first-order chi connectivity index (χ1) is 13.9. The molecular weight excluding hydrogens is 340 g/mol. The lowest BCUT2D eigenvalue weighted by atomic mass is 9.90. The van der Waals surface area contributed by atoms with Gasteiger partial charge in [-0.25, -0.2) is 0 Å². The zero-order valence-corrected chi connectivity index (χ0v) is 15.4. The van der Waals surface area contributed by atoms with Gasteiger partial charge in [-0.1, -0.05) is 48.5 Å². The summed E-state index contributed by atoms with van der Waals surface area (Å²) in [6, 6.07) is 28.6. The average molecular weight is 358 g/mol. The standard InChI is InChI=1S/C26H18N2/c1-2-8-18(9-3-1)28-22-12-6-7-16-13-14-17-15-20-19-10-4-5-11-21(19)27-25(20)26(28)24(17)23(16)22/h1-12,15,27H,13-14H2. The van der Waals surface area contributed by atoms with E-state index in [9.17, 15) is 0 Å². The third kappa shape index (κ3) is 1.68. The third-order valence-corrected chi connectivity index (χ3v) is 6.38. The van der Waals surface area contributed by atoms with Crippen LogP contribution in [0.2, 0.25) is 0 Å². The van der Waals surface area contributed by atoms with Gasteiger partial charge in [-0.3, -0.25) is 0 Å². The molecule has 0 atom stereocenters. The molecule has 0 amide bonds. The predicted octanol–water partition coefficient (Wildman–Crippen LogP) is 6.52. The predicted molar refractivity (Wildman–Crippen MR) is 118 cm³/mol. The Morgan fingerprint density at radius 3 is 2.43 bits per heavy atom. The minimum absolute atomic E-state index is 1.11. The summed E-state index contributed by atoms with van der Waals surface area (Å²) in [6.07, 6.45) is 2.23. The molecule has 1 aliphatic carbocycles. The van der Waals surface area contributed by atoms with Crippen LogP contribution in [0, 0.1) is 0 Å². The van der Waals surface area contributed by atoms with E-state index in [0.29, 0.717) is 0 Å². The first kappa shape index (κ1) is 14.5. The number of aromatic amines is 1. The summed E-state index contributed by atoms with van der Waals surface area (Å²) >= 11 is 0. The molecule has 28 heavy (non-hydrogen) atoms. The van der Waals surface area contributed by atoms with Crippen molar-refractivity contribution in [1.29, 1.82) is 0 Å². The van der Waals surface area contributed by atoms with E-state index < -0.39 is 0 Å². The Hall–Kier alpha value is -3.52. The molecule has 1 N–H and O–H groups in total. The van der Waals surface area contributed by atoms with Crippen molar-refractivity contribution in [2.45, 2.75) is 12.8 Å². The molecule has 2 nitrogen and oxygen atoms in total. The number of para-hydroxylation sites is 2. The quantitative estimate of drug-likeness (QED) is 0.345. The molecule has 0 radical (unpaired) electrons. The molecule has 0 spiro atoms. The maximum absolute atomic E-state index is 3.74. The van der Waals surface area contributed by atoms with Crippen molar-refractivity contribution in [3.63, 3.8) is 0 Å². The molecule has 4 aromatic carbocycles. The summed E-state index contributed by atoms with van der Waals surface area (Å²) in [6.45, 7) is 0. The number of aryl methyl sites for hydroxylation is 2. The number of nitrogens with zero attached hydrogens (tertiary/aromatic N) is 1. The Balaban J connectivity index is 1.83. The SMILES string of the molecule is c1ccc(-n2c3cccc4c3c3c(cc5c6ccccc6[nH]c5c32)CC4)cc1. The lowest BCUT2D eigenvalue weighted by Gasteiger charge is -2.13. The number of hydrogen-bond donors (Lipinski definition) is 1. The van der Waals surface area contributed by atoms with Crippen LogP contribution < -0.4 is 0 Å². The molecule has 0 saturated heterocycles. The summed E-state index contributed by atoms with van der Waals surface area (Å²) < 4.78 is 2.46. The second-order valence-electron chi connectivity index (χ2n) is 7.83. The maximum atomic E-state index is 3.74. The second kappa shape index (κ2) is 5.05. The van der Waals surface area contributed by atoms with Crippen LogP contribution in [0.3, 0.4) is 0 Å². The first-order valence-corrected chi connectivity index (χ1v) is 9.94. The fourth-order valence-electron chi connectivity index (χ4n) is 5.23. The van der Waals surface area contributed by atoms with Crippen LogP contribution in [-0.4, -0.2) is 9.55 Å². The Morgan fingerprint density at radius 2 is 1.50 bits per heavy atom. The fraction of sp³-hybridized carbons (Fsp3) is 0.0769. The van der Waals surface area contributed by atoms with Gasteiger partial charge in [-0.05, 0) is 54.3 Å². The van der Waals surface area contributed by atoms with E-state index in [4.69, 9.17) is 0 Å². The smallest absolute Gasteiger partial charge is 0.0786 e. The molecule has 7 rings (SSSR count). The van der Waals surface area contributed by atoms with Crippen molar-refractivity contribution in [2.24, 2.45) is 0 Å².